The number of nitrogens with zero attached hydrogens (tertiary/aromatic N) is 1. The molecular weight excluding hydrogens is 1070 g/mol. The van der Waals surface area contributed by atoms with Crippen LogP contribution in [0.3, 0.4) is 0 Å². The standard InChI is InChI=1S/C85H29NO2/c1-17(2)21-15-14-18(3)16-22(21)88-82(87)85(86-81(19-10-6-4-7-11-19)20-12-8-5-9-13-20)83-77-69-61-51-41-33-25-23-24-27-31-29(25)37-45-39(31)49-43-35(27)36-28(24)32-30-26(23)34(33)42-48-38(30)46-40(32)50-44(36)54-53(43)63-57(49)67-59(45)65(55(61)47(37)41)73(77)75(67)79-71(63)72-64(54)58(50)68-60(46)66-56(48)62(52(42)51)70(69)78(83)74(66)76(68)80(72)84(79,83)85/h4-13,17-18,21-22H,14-16H2,1-3H3/t18-,21+,22-,83?,84?,85?/m0/s1. The minimum absolute atomic E-state index is 0.0726. The lowest BCUT2D eigenvalue weighted by Gasteiger charge is -2.37. The van der Waals surface area contributed by atoms with Crippen LogP contribution < -0.4 is 0 Å². The van der Waals surface area contributed by atoms with Crippen LogP contribution in [-0.2, 0) is 20.4 Å². The molecule has 6 aliphatic carbocycles. The molecule has 0 unspecified atom stereocenters. The molecular formula is C85H29NO2. The Morgan fingerprint density at radius 1 is 0.352 bits per heavy atom. The van der Waals surface area contributed by atoms with Crippen molar-refractivity contribution in [1.82, 2.24) is 0 Å². The van der Waals surface area contributed by atoms with Gasteiger partial charge in [-0.2, -0.15) is 0 Å². The van der Waals surface area contributed by atoms with E-state index in [2.05, 4.69) is 81.4 Å². The second kappa shape index (κ2) is 9.12. The van der Waals surface area contributed by atoms with E-state index >= 15 is 4.79 Å². The quantitative estimate of drug-likeness (QED) is 0.0945. The van der Waals surface area contributed by atoms with Gasteiger partial charge in [0, 0.05) is 11.1 Å². The molecule has 2 saturated carbocycles. The predicted octanol–water partition coefficient (Wildman–Crippen LogP) is 21.6. The van der Waals surface area contributed by atoms with E-state index < -0.39 is 16.4 Å². The summed E-state index contributed by atoms with van der Waals surface area (Å²) in [6, 6.07) is 22.2. The van der Waals surface area contributed by atoms with Crippen molar-refractivity contribution in [2.75, 3.05) is 0 Å². The molecule has 2 spiro atoms. The zero-order valence-electron chi connectivity index (χ0n) is 47.0. The van der Waals surface area contributed by atoms with Crippen molar-refractivity contribution in [3.63, 3.8) is 0 Å². The highest BCUT2D eigenvalue weighted by atomic mass is 16.5. The van der Waals surface area contributed by atoms with Gasteiger partial charge >= 0.3 is 5.97 Å². The van der Waals surface area contributed by atoms with Crippen LogP contribution in [0, 0.1) is 17.8 Å². The Kier molecular flexibility index (Phi) is 3.82. The zero-order valence-corrected chi connectivity index (χ0v) is 47.0. The molecule has 386 valence electrons. The molecule has 30 aromatic carbocycles. The first-order chi connectivity index (χ1) is 43.5. The zero-order chi connectivity index (χ0) is 54.2. The van der Waals surface area contributed by atoms with Crippen LogP contribution in [0.4, 0.5) is 0 Å². The van der Waals surface area contributed by atoms with Gasteiger partial charge in [-0.05, 0) is 344 Å². The summed E-state index contributed by atoms with van der Waals surface area (Å²) in [6.45, 7) is 7.19. The van der Waals surface area contributed by atoms with Gasteiger partial charge in [0.25, 0.3) is 0 Å². The fraction of sp³-hybridized carbons (Fsp3) is 0.153. The number of hydrogen-bond acceptors (Lipinski definition) is 3. The van der Waals surface area contributed by atoms with E-state index in [0.717, 1.165) is 29.7 Å². The van der Waals surface area contributed by atoms with Gasteiger partial charge in [-0.3, -0.25) is 4.99 Å². The molecule has 0 saturated heterocycles. The average molecular weight is 1100 g/mol. The summed E-state index contributed by atoms with van der Waals surface area (Å²) in [7, 11) is 0. The molecule has 30 aromatic rings. The van der Waals surface area contributed by atoms with Crippen LogP contribution in [0.15, 0.2) is 65.7 Å². The van der Waals surface area contributed by atoms with Crippen LogP contribution in [0.25, 0.3) is 291 Å². The Hall–Kier alpha value is -9.96. The first kappa shape index (κ1) is 36.9. The van der Waals surface area contributed by atoms with E-state index in [-0.39, 0.29) is 18.0 Å². The van der Waals surface area contributed by atoms with Gasteiger partial charge in [0.2, 0.25) is 0 Å². The third-order valence-corrected chi connectivity index (χ3v) is 30.2. The fourth-order valence-electron chi connectivity index (χ4n) is 29.2. The maximum atomic E-state index is 18.6. The molecule has 6 aliphatic rings. The van der Waals surface area contributed by atoms with E-state index in [1.807, 2.05) is 0 Å². The van der Waals surface area contributed by atoms with Crippen LogP contribution in [0.1, 0.15) is 73.4 Å². The number of aliphatic imine (C=N–C) groups is 1. The topological polar surface area (TPSA) is 38.7 Å². The number of carbonyl (C=O) groups excluding carboxylic acids is 1. The largest absolute Gasteiger partial charge is 0.460 e. The Bertz CT molecular complexity index is 7700. The second-order valence-corrected chi connectivity index (χ2v) is 31.9. The number of benzene rings is 20. The summed E-state index contributed by atoms with van der Waals surface area (Å²) in [5.74, 6) is 1.02. The lowest BCUT2D eigenvalue weighted by Crippen LogP contribution is -2.42. The average Bonchev–Trinajstić information content (AvgIpc) is 1.36. The highest BCUT2D eigenvalue weighted by molar-refractivity contribution is 6.82. The lowest BCUT2D eigenvalue weighted by atomic mass is 9.68. The molecule has 0 aromatic heterocycles. The van der Waals surface area contributed by atoms with Crippen molar-refractivity contribution in [3.8, 4) is 0 Å². The SMILES string of the molecule is CC(C)[C@H]1CC[C@H](C)C[C@@H]1OC(=O)C1(N=C(c2ccccc2)c2ccccc2)C23c4c5c6c7c8c9c(c%10c%11c2c2c4c4c%12c5c5c6c6c8c8c%13c9c9c%10c%10c%11c%11c2c2c4c4c%12c%12c5c5c6c8c6c8c%13c9c9c%10c%10c%11c2c2c4c4c%12c5c6c5c8c9c%10c2c45)C713. The predicted molar refractivity (Wildman–Crippen MR) is 366 cm³/mol. The van der Waals surface area contributed by atoms with Gasteiger partial charge in [-0.25, -0.2) is 4.79 Å². The Balaban J connectivity index is 0.961. The van der Waals surface area contributed by atoms with E-state index in [4.69, 9.17) is 9.73 Å². The second-order valence-electron chi connectivity index (χ2n) is 31.9. The van der Waals surface area contributed by atoms with Gasteiger partial charge in [-0.1, -0.05) is 87.9 Å². The molecule has 0 bridgehead atoms. The molecule has 0 aliphatic heterocycles. The summed E-state index contributed by atoms with van der Waals surface area (Å²) in [4.78, 5) is 25.5. The van der Waals surface area contributed by atoms with Gasteiger partial charge in [0.15, 0.2) is 5.54 Å². The van der Waals surface area contributed by atoms with E-state index in [9.17, 15) is 0 Å². The summed E-state index contributed by atoms with van der Waals surface area (Å²) >= 11 is 0. The smallest absolute Gasteiger partial charge is 0.337 e. The maximum absolute atomic E-state index is 18.6. The van der Waals surface area contributed by atoms with Crippen molar-refractivity contribution in [1.29, 1.82) is 0 Å². The molecule has 0 heterocycles. The molecule has 88 heavy (non-hydrogen) atoms. The first-order valence-corrected chi connectivity index (χ1v) is 33.2. The van der Waals surface area contributed by atoms with Crippen molar-refractivity contribution < 1.29 is 9.53 Å². The van der Waals surface area contributed by atoms with Gasteiger partial charge in [0.1, 0.15) is 6.10 Å². The molecule has 3 atom stereocenters. The molecule has 0 amide bonds. The summed E-state index contributed by atoms with van der Waals surface area (Å²) in [5.41, 5.74) is 5.61. The lowest BCUT2D eigenvalue weighted by molar-refractivity contribution is -0.159. The number of esters is 1. The summed E-state index contributed by atoms with van der Waals surface area (Å²) in [5, 5.41) is 84.0. The monoisotopic (exact) mass is 1100 g/mol. The third-order valence-electron chi connectivity index (χ3n) is 30.2. The van der Waals surface area contributed by atoms with Crippen molar-refractivity contribution in [3.05, 3.63) is 94.0 Å². The van der Waals surface area contributed by atoms with Crippen LogP contribution in [0.5, 0.6) is 0 Å². The van der Waals surface area contributed by atoms with Gasteiger partial charge < -0.3 is 4.74 Å². The van der Waals surface area contributed by atoms with E-state index in [1.165, 1.54) is 115 Å². The van der Waals surface area contributed by atoms with Crippen molar-refractivity contribution >= 4 is 303 Å². The van der Waals surface area contributed by atoms with Crippen LogP contribution in [-0.4, -0.2) is 23.3 Å². The summed E-state index contributed by atoms with van der Waals surface area (Å²) < 4.78 is 8.03. The molecule has 3 heteroatoms. The molecule has 36 rings (SSSR count). The number of rotatable bonds is 6. The fourth-order valence-corrected chi connectivity index (χ4v) is 29.2. The Labute approximate surface area is 488 Å². The van der Waals surface area contributed by atoms with Crippen molar-refractivity contribution in [2.45, 2.75) is 62.5 Å². The molecule has 2 fully saturated rings. The minimum atomic E-state index is -1.42. The molecule has 3 nitrogen and oxygen atoms in total. The minimum Gasteiger partial charge on any atom is -0.460 e. The number of carbonyl (C=O) groups is 1. The maximum Gasteiger partial charge on any atom is 0.337 e. The molecule has 0 N–H and O–H groups in total. The summed E-state index contributed by atoms with van der Waals surface area (Å²) in [6.07, 6.45) is 2.91. The molecule has 0 radical (unpaired) electrons. The first-order valence-electron chi connectivity index (χ1n) is 33.2. The van der Waals surface area contributed by atoms with E-state index in [1.54, 1.807) is 205 Å². The van der Waals surface area contributed by atoms with Gasteiger partial charge in [0.05, 0.1) is 16.5 Å². The van der Waals surface area contributed by atoms with Crippen molar-refractivity contribution in [2.24, 2.45) is 22.7 Å². The van der Waals surface area contributed by atoms with E-state index in [0.29, 0.717) is 11.8 Å². The Morgan fingerprint density at radius 2 is 0.580 bits per heavy atom. The normalized spacial score (nSPS) is 25.2. The number of ether oxygens (including phenoxy) is 1. The number of hydrogen-bond donors (Lipinski definition) is 0. The highest BCUT2D eigenvalue weighted by Crippen LogP contribution is 2.94. The van der Waals surface area contributed by atoms with Crippen LogP contribution >= 0.6 is 0 Å². The highest BCUT2D eigenvalue weighted by Gasteiger charge is 2.99. The van der Waals surface area contributed by atoms with Crippen LogP contribution in [0.2, 0.25) is 0 Å². The van der Waals surface area contributed by atoms with Gasteiger partial charge in [-0.15, -0.1) is 0 Å². The third kappa shape index (κ3) is 2.26. The Morgan fingerprint density at radius 3 is 0.807 bits per heavy atom.